The molecular weight excluding hydrogens is 250 g/mol. The molecule has 1 aromatic carbocycles. The van der Waals surface area contributed by atoms with E-state index in [0.29, 0.717) is 5.69 Å². The third kappa shape index (κ3) is 3.65. The molecule has 1 unspecified atom stereocenters. The smallest absolute Gasteiger partial charge is 0.274 e. The van der Waals surface area contributed by atoms with Crippen LogP contribution in [0.4, 0.5) is 5.69 Å². The molecule has 1 aromatic heterocycles. The lowest BCUT2D eigenvalue weighted by atomic mass is 10.1. The fourth-order valence-electron chi connectivity index (χ4n) is 2.00. The first kappa shape index (κ1) is 14.2. The van der Waals surface area contributed by atoms with E-state index < -0.39 is 0 Å². The van der Waals surface area contributed by atoms with E-state index in [4.69, 9.17) is 0 Å². The van der Waals surface area contributed by atoms with Gasteiger partial charge in [0.15, 0.2) is 0 Å². The Morgan fingerprint density at radius 1 is 1.25 bits per heavy atom. The standard InChI is InChI=1S/C16H19N3O/c1-3-17-12(2)13-7-6-8-14(11-13)19-16(20)15-9-4-5-10-18-15/h4-12,17H,3H2,1-2H3,(H,19,20). The molecular formula is C16H19N3O. The molecule has 0 aliphatic carbocycles. The van der Waals surface area contributed by atoms with E-state index in [0.717, 1.165) is 17.8 Å². The van der Waals surface area contributed by atoms with Crippen molar-refractivity contribution in [3.05, 3.63) is 59.9 Å². The zero-order valence-corrected chi connectivity index (χ0v) is 11.8. The van der Waals surface area contributed by atoms with E-state index >= 15 is 0 Å². The summed E-state index contributed by atoms with van der Waals surface area (Å²) in [4.78, 5) is 16.1. The highest BCUT2D eigenvalue weighted by atomic mass is 16.1. The summed E-state index contributed by atoms with van der Waals surface area (Å²) in [5, 5.41) is 6.22. The molecule has 1 amide bonds. The fraction of sp³-hybridized carbons (Fsp3) is 0.250. The Labute approximate surface area is 119 Å². The predicted octanol–water partition coefficient (Wildman–Crippen LogP) is 3.00. The number of hydrogen-bond donors (Lipinski definition) is 2. The molecule has 0 aliphatic heterocycles. The van der Waals surface area contributed by atoms with Crippen molar-refractivity contribution >= 4 is 11.6 Å². The third-order valence-electron chi connectivity index (χ3n) is 3.05. The first-order chi connectivity index (χ1) is 9.70. The average Bonchev–Trinajstić information content (AvgIpc) is 2.48. The van der Waals surface area contributed by atoms with Crippen molar-refractivity contribution in [2.24, 2.45) is 0 Å². The minimum absolute atomic E-state index is 0.196. The van der Waals surface area contributed by atoms with Crippen LogP contribution in [-0.4, -0.2) is 17.4 Å². The molecule has 1 atom stereocenters. The molecule has 4 heteroatoms. The Morgan fingerprint density at radius 3 is 2.80 bits per heavy atom. The van der Waals surface area contributed by atoms with Crippen molar-refractivity contribution in [2.45, 2.75) is 19.9 Å². The number of nitrogens with one attached hydrogen (secondary N) is 2. The van der Waals surface area contributed by atoms with Crippen LogP contribution < -0.4 is 10.6 Å². The van der Waals surface area contributed by atoms with Crippen molar-refractivity contribution in [2.75, 3.05) is 11.9 Å². The van der Waals surface area contributed by atoms with Gasteiger partial charge in [-0.2, -0.15) is 0 Å². The van der Waals surface area contributed by atoms with Gasteiger partial charge >= 0.3 is 0 Å². The highest BCUT2D eigenvalue weighted by Crippen LogP contribution is 2.17. The number of hydrogen-bond acceptors (Lipinski definition) is 3. The summed E-state index contributed by atoms with van der Waals surface area (Å²) in [5.41, 5.74) is 2.34. The Balaban J connectivity index is 2.10. The molecule has 0 fully saturated rings. The lowest BCUT2D eigenvalue weighted by Crippen LogP contribution is -2.18. The second-order valence-electron chi connectivity index (χ2n) is 4.57. The van der Waals surface area contributed by atoms with Crippen molar-refractivity contribution in [1.29, 1.82) is 0 Å². The van der Waals surface area contributed by atoms with E-state index in [-0.39, 0.29) is 11.9 Å². The Kier molecular flexibility index (Phi) is 4.85. The zero-order valence-electron chi connectivity index (χ0n) is 11.8. The van der Waals surface area contributed by atoms with Crippen LogP contribution >= 0.6 is 0 Å². The molecule has 0 radical (unpaired) electrons. The molecule has 2 N–H and O–H groups in total. The normalized spacial score (nSPS) is 11.9. The van der Waals surface area contributed by atoms with E-state index in [1.807, 2.05) is 24.3 Å². The highest BCUT2D eigenvalue weighted by Gasteiger charge is 2.08. The molecule has 0 spiro atoms. The molecule has 4 nitrogen and oxygen atoms in total. The van der Waals surface area contributed by atoms with Gasteiger partial charge in [-0.25, -0.2) is 0 Å². The maximum Gasteiger partial charge on any atom is 0.274 e. The maximum absolute atomic E-state index is 12.0. The topological polar surface area (TPSA) is 54.0 Å². The average molecular weight is 269 g/mol. The van der Waals surface area contributed by atoms with Crippen LogP contribution in [0.1, 0.15) is 35.9 Å². The van der Waals surface area contributed by atoms with Crippen molar-refractivity contribution < 1.29 is 4.79 Å². The number of rotatable bonds is 5. The third-order valence-corrected chi connectivity index (χ3v) is 3.05. The number of anilines is 1. The number of carbonyl (C=O) groups excluding carboxylic acids is 1. The molecule has 2 rings (SSSR count). The Bertz CT molecular complexity index is 569. The summed E-state index contributed by atoms with van der Waals surface area (Å²) in [6.07, 6.45) is 1.61. The van der Waals surface area contributed by atoms with Crippen LogP contribution in [-0.2, 0) is 0 Å². The van der Waals surface area contributed by atoms with Crippen LogP contribution in [0.5, 0.6) is 0 Å². The molecule has 0 bridgehead atoms. The van der Waals surface area contributed by atoms with Gasteiger partial charge in [0, 0.05) is 17.9 Å². The number of nitrogens with zero attached hydrogens (tertiary/aromatic N) is 1. The van der Waals surface area contributed by atoms with Crippen LogP contribution in [0, 0.1) is 0 Å². The van der Waals surface area contributed by atoms with Gasteiger partial charge in [-0.05, 0) is 43.3 Å². The van der Waals surface area contributed by atoms with E-state index in [1.165, 1.54) is 0 Å². The van der Waals surface area contributed by atoms with Crippen molar-refractivity contribution in [1.82, 2.24) is 10.3 Å². The summed E-state index contributed by atoms with van der Waals surface area (Å²) >= 11 is 0. The second kappa shape index (κ2) is 6.82. The van der Waals surface area contributed by atoms with Gasteiger partial charge in [-0.15, -0.1) is 0 Å². The summed E-state index contributed by atoms with van der Waals surface area (Å²) in [5.74, 6) is -0.196. The highest BCUT2D eigenvalue weighted by molar-refractivity contribution is 6.02. The zero-order chi connectivity index (χ0) is 14.4. The van der Waals surface area contributed by atoms with Gasteiger partial charge in [0.1, 0.15) is 5.69 Å². The summed E-state index contributed by atoms with van der Waals surface area (Å²) < 4.78 is 0. The van der Waals surface area contributed by atoms with Gasteiger partial charge < -0.3 is 10.6 Å². The molecule has 104 valence electrons. The summed E-state index contributed by atoms with van der Waals surface area (Å²) in [6.45, 7) is 5.08. The van der Waals surface area contributed by atoms with Crippen LogP contribution in [0.15, 0.2) is 48.7 Å². The maximum atomic E-state index is 12.0. The number of benzene rings is 1. The number of aromatic nitrogens is 1. The molecule has 1 heterocycles. The SMILES string of the molecule is CCNC(C)c1cccc(NC(=O)c2ccccn2)c1. The van der Waals surface area contributed by atoms with E-state index in [2.05, 4.69) is 29.5 Å². The van der Waals surface area contributed by atoms with Crippen molar-refractivity contribution in [3.8, 4) is 0 Å². The van der Waals surface area contributed by atoms with Gasteiger partial charge in [0.2, 0.25) is 0 Å². The molecule has 2 aromatic rings. The lowest BCUT2D eigenvalue weighted by Gasteiger charge is -2.14. The number of pyridine rings is 1. The van der Waals surface area contributed by atoms with Gasteiger partial charge in [-0.1, -0.05) is 25.1 Å². The van der Waals surface area contributed by atoms with Gasteiger partial charge in [0.25, 0.3) is 5.91 Å². The molecule has 0 aliphatic rings. The molecule has 20 heavy (non-hydrogen) atoms. The summed E-state index contributed by atoms with van der Waals surface area (Å²) in [6, 6.07) is 13.4. The first-order valence-corrected chi connectivity index (χ1v) is 6.76. The Morgan fingerprint density at radius 2 is 2.10 bits per heavy atom. The van der Waals surface area contributed by atoms with E-state index in [1.54, 1.807) is 24.4 Å². The van der Waals surface area contributed by atoms with Crippen molar-refractivity contribution in [3.63, 3.8) is 0 Å². The second-order valence-corrected chi connectivity index (χ2v) is 4.57. The minimum atomic E-state index is -0.196. The quantitative estimate of drug-likeness (QED) is 0.877. The number of amides is 1. The number of carbonyl (C=O) groups is 1. The van der Waals surface area contributed by atoms with Gasteiger partial charge in [0.05, 0.1) is 0 Å². The monoisotopic (exact) mass is 269 g/mol. The Hall–Kier alpha value is -2.20. The van der Waals surface area contributed by atoms with Gasteiger partial charge in [-0.3, -0.25) is 9.78 Å². The lowest BCUT2D eigenvalue weighted by molar-refractivity contribution is 0.102. The largest absolute Gasteiger partial charge is 0.321 e. The summed E-state index contributed by atoms with van der Waals surface area (Å²) in [7, 11) is 0. The fourth-order valence-corrected chi connectivity index (χ4v) is 2.00. The predicted molar refractivity (Wildman–Crippen MR) is 80.7 cm³/mol. The van der Waals surface area contributed by atoms with Crippen LogP contribution in [0.2, 0.25) is 0 Å². The first-order valence-electron chi connectivity index (χ1n) is 6.76. The molecule has 0 saturated carbocycles. The molecule has 0 saturated heterocycles. The minimum Gasteiger partial charge on any atom is -0.321 e. The van der Waals surface area contributed by atoms with Crippen LogP contribution in [0.3, 0.4) is 0 Å². The van der Waals surface area contributed by atoms with E-state index in [9.17, 15) is 4.79 Å². The van der Waals surface area contributed by atoms with Crippen LogP contribution in [0.25, 0.3) is 0 Å².